The van der Waals surface area contributed by atoms with Gasteiger partial charge < -0.3 is 9.84 Å². The second kappa shape index (κ2) is 4.37. The molecular formula is C13H14O3S. The molecule has 1 N–H and O–H groups in total. The lowest BCUT2D eigenvalue weighted by molar-refractivity contribution is -0.138. The van der Waals surface area contributed by atoms with Crippen LogP contribution in [0, 0.1) is 6.92 Å². The molecule has 1 aromatic carbocycles. The first-order chi connectivity index (χ1) is 8.06. The number of aliphatic carboxylic acids is 1. The lowest BCUT2D eigenvalue weighted by Gasteiger charge is -2.07. The summed E-state index contributed by atoms with van der Waals surface area (Å²) >= 11 is 1.57. The highest BCUT2D eigenvalue weighted by Crippen LogP contribution is 2.37. The quantitative estimate of drug-likeness (QED) is 0.908. The number of ether oxygens (including phenoxy) is 1. The number of benzene rings is 1. The van der Waals surface area contributed by atoms with E-state index in [4.69, 9.17) is 9.84 Å². The second-order valence-electron chi connectivity index (χ2n) is 4.02. The molecule has 4 heteroatoms. The van der Waals surface area contributed by atoms with Crippen LogP contribution < -0.4 is 4.74 Å². The van der Waals surface area contributed by atoms with Crippen LogP contribution in [0.15, 0.2) is 17.5 Å². The molecule has 0 fully saturated rings. The van der Waals surface area contributed by atoms with Gasteiger partial charge in [-0.15, -0.1) is 11.3 Å². The highest BCUT2D eigenvalue weighted by Gasteiger charge is 2.19. The second-order valence-corrected chi connectivity index (χ2v) is 4.90. The molecule has 1 heterocycles. The number of fused-ring (bicyclic) bond motifs is 1. The lowest BCUT2D eigenvalue weighted by Crippen LogP contribution is -2.06. The molecular weight excluding hydrogens is 236 g/mol. The Kier molecular flexibility index (Phi) is 3.07. The maximum Gasteiger partial charge on any atom is 0.310 e. The maximum atomic E-state index is 11.0. The number of hydrogen-bond acceptors (Lipinski definition) is 3. The van der Waals surface area contributed by atoms with Gasteiger partial charge in [-0.2, -0.15) is 0 Å². The van der Waals surface area contributed by atoms with Crippen molar-refractivity contribution in [3.8, 4) is 5.75 Å². The van der Waals surface area contributed by atoms with Crippen molar-refractivity contribution in [3.63, 3.8) is 0 Å². The van der Waals surface area contributed by atoms with E-state index in [1.165, 1.54) is 0 Å². The average Bonchev–Trinajstić information content (AvgIpc) is 2.73. The average molecular weight is 250 g/mol. The van der Waals surface area contributed by atoms with E-state index in [0.717, 1.165) is 27.0 Å². The number of rotatable bonds is 3. The molecule has 0 aliphatic carbocycles. The first kappa shape index (κ1) is 11.9. The Bertz CT molecular complexity index is 571. The summed E-state index contributed by atoms with van der Waals surface area (Å²) in [6.45, 7) is 3.70. The van der Waals surface area contributed by atoms with Crippen LogP contribution in [0.25, 0.3) is 10.1 Å². The summed E-state index contributed by atoms with van der Waals surface area (Å²) in [6.07, 6.45) is 0. The summed E-state index contributed by atoms with van der Waals surface area (Å²) in [7, 11) is 1.64. The molecule has 0 bridgehead atoms. The van der Waals surface area contributed by atoms with Gasteiger partial charge in [-0.25, -0.2) is 0 Å². The van der Waals surface area contributed by atoms with Crippen LogP contribution in [0.2, 0.25) is 0 Å². The Morgan fingerprint density at radius 2 is 2.18 bits per heavy atom. The predicted molar refractivity (Wildman–Crippen MR) is 69.2 cm³/mol. The fraction of sp³-hybridized carbons (Fsp3) is 0.308. The summed E-state index contributed by atoms with van der Waals surface area (Å²) in [6, 6.07) is 3.83. The van der Waals surface area contributed by atoms with E-state index in [1.807, 2.05) is 24.4 Å². The van der Waals surface area contributed by atoms with Gasteiger partial charge in [-0.3, -0.25) is 4.79 Å². The van der Waals surface area contributed by atoms with Crippen molar-refractivity contribution in [2.45, 2.75) is 19.8 Å². The van der Waals surface area contributed by atoms with Crippen LogP contribution >= 0.6 is 11.3 Å². The molecule has 0 radical (unpaired) electrons. The van der Waals surface area contributed by atoms with E-state index >= 15 is 0 Å². The Morgan fingerprint density at radius 3 is 2.76 bits per heavy atom. The van der Waals surface area contributed by atoms with Gasteiger partial charge in [0.1, 0.15) is 5.75 Å². The molecule has 90 valence electrons. The minimum atomic E-state index is -0.793. The van der Waals surface area contributed by atoms with E-state index in [-0.39, 0.29) is 0 Å². The highest BCUT2D eigenvalue weighted by atomic mass is 32.1. The Hall–Kier alpha value is -1.55. The van der Waals surface area contributed by atoms with Crippen LogP contribution in [0.5, 0.6) is 5.75 Å². The first-order valence-electron chi connectivity index (χ1n) is 5.33. The Balaban J connectivity index is 2.63. The minimum absolute atomic E-state index is 0.475. The van der Waals surface area contributed by atoms with Crippen LogP contribution in [0.3, 0.4) is 0 Å². The number of carbonyl (C=O) groups is 1. The molecule has 0 amide bonds. The Morgan fingerprint density at radius 1 is 1.47 bits per heavy atom. The normalized spacial score (nSPS) is 12.6. The van der Waals surface area contributed by atoms with Gasteiger partial charge in [0.05, 0.1) is 13.0 Å². The van der Waals surface area contributed by atoms with Gasteiger partial charge in [0, 0.05) is 10.3 Å². The zero-order valence-electron chi connectivity index (χ0n) is 9.98. The lowest BCUT2D eigenvalue weighted by atomic mass is 9.99. The summed E-state index contributed by atoms with van der Waals surface area (Å²) in [5.74, 6) is -0.427. The molecule has 0 saturated carbocycles. The molecule has 17 heavy (non-hydrogen) atoms. The van der Waals surface area contributed by atoms with Crippen LogP contribution in [-0.4, -0.2) is 18.2 Å². The molecule has 0 spiro atoms. The van der Waals surface area contributed by atoms with Crippen molar-refractivity contribution in [3.05, 3.63) is 28.6 Å². The van der Waals surface area contributed by atoms with Crippen molar-refractivity contribution < 1.29 is 14.6 Å². The maximum absolute atomic E-state index is 11.0. The van der Waals surface area contributed by atoms with Crippen molar-refractivity contribution in [1.82, 2.24) is 0 Å². The van der Waals surface area contributed by atoms with E-state index in [0.29, 0.717) is 0 Å². The van der Waals surface area contributed by atoms with E-state index < -0.39 is 11.9 Å². The van der Waals surface area contributed by atoms with Gasteiger partial charge in [0.25, 0.3) is 0 Å². The summed E-state index contributed by atoms with van der Waals surface area (Å²) in [4.78, 5) is 11.0. The SMILES string of the molecule is COc1ccc2c(C(C)C(=O)O)csc2c1C. The van der Waals surface area contributed by atoms with Gasteiger partial charge in [-0.05, 0) is 42.3 Å². The molecule has 0 aliphatic rings. The Labute approximate surface area is 104 Å². The van der Waals surface area contributed by atoms with Gasteiger partial charge in [-0.1, -0.05) is 0 Å². The summed E-state index contributed by atoms with van der Waals surface area (Å²) < 4.78 is 6.36. The molecule has 0 saturated heterocycles. The van der Waals surface area contributed by atoms with Gasteiger partial charge >= 0.3 is 5.97 Å². The molecule has 0 aliphatic heterocycles. The van der Waals surface area contributed by atoms with Crippen molar-refractivity contribution in [2.75, 3.05) is 7.11 Å². The molecule has 3 nitrogen and oxygen atoms in total. The first-order valence-corrected chi connectivity index (χ1v) is 6.21. The van der Waals surface area contributed by atoms with Crippen LogP contribution in [0.1, 0.15) is 24.0 Å². The molecule has 1 unspecified atom stereocenters. The van der Waals surface area contributed by atoms with E-state index in [1.54, 1.807) is 25.4 Å². The minimum Gasteiger partial charge on any atom is -0.496 e. The van der Waals surface area contributed by atoms with Crippen molar-refractivity contribution in [2.24, 2.45) is 0 Å². The number of carboxylic acid groups (broad SMARTS) is 1. The molecule has 1 aromatic heterocycles. The molecule has 1 atom stereocenters. The number of thiophene rings is 1. The van der Waals surface area contributed by atoms with E-state index in [9.17, 15) is 4.79 Å². The van der Waals surface area contributed by atoms with Crippen molar-refractivity contribution in [1.29, 1.82) is 0 Å². The zero-order chi connectivity index (χ0) is 12.6. The smallest absolute Gasteiger partial charge is 0.310 e. The number of hydrogen-bond donors (Lipinski definition) is 1. The molecule has 2 rings (SSSR count). The monoisotopic (exact) mass is 250 g/mol. The van der Waals surface area contributed by atoms with Gasteiger partial charge in [0.2, 0.25) is 0 Å². The van der Waals surface area contributed by atoms with Crippen LogP contribution in [-0.2, 0) is 4.79 Å². The third-order valence-corrected chi connectivity index (χ3v) is 4.16. The standard InChI is InChI=1S/C13H14O3S/c1-7(13(14)15)10-6-17-12-8(2)11(16-3)5-4-9(10)12/h4-7H,1-3H3,(H,14,15). The number of carboxylic acids is 1. The number of methoxy groups -OCH3 is 1. The largest absolute Gasteiger partial charge is 0.496 e. The van der Waals surface area contributed by atoms with Crippen LogP contribution in [0.4, 0.5) is 0 Å². The summed E-state index contributed by atoms with van der Waals surface area (Å²) in [5.41, 5.74) is 1.95. The predicted octanol–water partition coefficient (Wildman–Crippen LogP) is 3.41. The molecule has 2 aromatic rings. The third-order valence-electron chi connectivity index (χ3n) is 3.03. The summed E-state index contributed by atoms with van der Waals surface area (Å²) in [5, 5.41) is 12.0. The number of aryl methyl sites for hydroxylation is 1. The fourth-order valence-electron chi connectivity index (χ4n) is 1.93. The van der Waals surface area contributed by atoms with Gasteiger partial charge in [0.15, 0.2) is 0 Å². The van der Waals surface area contributed by atoms with Crippen molar-refractivity contribution >= 4 is 27.4 Å². The zero-order valence-corrected chi connectivity index (χ0v) is 10.8. The fourth-order valence-corrected chi connectivity index (χ4v) is 3.09. The van der Waals surface area contributed by atoms with E-state index in [2.05, 4.69) is 0 Å². The highest BCUT2D eigenvalue weighted by molar-refractivity contribution is 7.17. The topological polar surface area (TPSA) is 46.5 Å². The third kappa shape index (κ3) is 1.89.